The fourth-order valence-corrected chi connectivity index (χ4v) is 2.39. The molecule has 2 aromatic rings. The van der Waals surface area contributed by atoms with E-state index in [1.165, 1.54) is 0 Å². The van der Waals surface area contributed by atoms with E-state index in [1.807, 2.05) is 45.2 Å². The second-order valence-electron chi connectivity index (χ2n) is 6.39. The highest BCUT2D eigenvalue weighted by Gasteiger charge is 2.27. The molecule has 3 rings (SSSR count). The lowest BCUT2D eigenvalue weighted by Gasteiger charge is -2.29. The van der Waals surface area contributed by atoms with Gasteiger partial charge in [0.15, 0.2) is 5.82 Å². The smallest absolute Gasteiger partial charge is 0.410 e. The van der Waals surface area contributed by atoms with Crippen LogP contribution in [0.5, 0.6) is 0 Å². The van der Waals surface area contributed by atoms with Crippen molar-refractivity contribution in [1.29, 1.82) is 0 Å². The summed E-state index contributed by atoms with van der Waals surface area (Å²) in [5, 5.41) is 4.55. The number of carbonyl (C=O) groups excluding carboxylic acids is 1. The Morgan fingerprint density at radius 2 is 2.14 bits per heavy atom. The Labute approximate surface area is 129 Å². The molecule has 0 atom stereocenters. The maximum absolute atomic E-state index is 12.2. The zero-order valence-electron chi connectivity index (χ0n) is 13.1. The highest BCUT2D eigenvalue weighted by Crippen LogP contribution is 2.21. The number of hydrogen-bond acceptors (Lipinski definition) is 4. The van der Waals surface area contributed by atoms with Gasteiger partial charge in [-0.05, 0) is 44.9 Å². The van der Waals surface area contributed by atoms with Crippen molar-refractivity contribution >= 4 is 6.09 Å². The summed E-state index contributed by atoms with van der Waals surface area (Å²) in [6.45, 7) is 6.74. The van der Waals surface area contributed by atoms with Gasteiger partial charge in [-0.1, -0.05) is 6.07 Å². The molecule has 1 amide bonds. The normalized spacial score (nSPS) is 14.6. The zero-order valence-corrected chi connectivity index (χ0v) is 13.1. The largest absolute Gasteiger partial charge is 0.444 e. The van der Waals surface area contributed by atoms with Crippen LogP contribution in [0, 0.1) is 0 Å². The van der Waals surface area contributed by atoms with Gasteiger partial charge in [0.25, 0.3) is 0 Å². The van der Waals surface area contributed by atoms with Crippen LogP contribution in [0.3, 0.4) is 0 Å². The lowest BCUT2D eigenvalue weighted by Crippen LogP contribution is -2.39. The van der Waals surface area contributed by atoms with Crippen LogP contribution in [0.25, 0.3) is 5.82 Å². The zero-order chi connectivity index (χ0) is 15.7. The molecular weight excluding hydrogens is 280 g/mol. The molecule has 2 aromatic heterocycles. The fraction of sp³-hybridized carbons (Fsp3) is 0.438. The molecule has 1 aliphatic rings. The highest BCUT2D eigenvalue weighted by molar-refractivity contribution is 5.68. The van der Waals surface area contributed by atoms with Gasteiger partial charge in [0.2, 0.25) is 0 Å². The molecule has 0 bridgehead atoms. The fourth-order valence-electron chi connectivity index (χ4n) is 2.39. The Morgan fingerprint density at radius 3 is 2.82 bits per heavy atom. The minimum Gasteiger partial charge on any atom is -0.444 e. The van der Waals surface area contributed by atoms with Crippen LogP contribution in [0.4, 0.5) is 4.79 Å². The van der Waals surface area contributed by atoms with Gasteiger partial charge in [0.05, 0.1) is 12.2 Å². The van der Waals surface area contributed by atoms with Gasteiger partial charge in [0.1, 0.15) is 5.60 Å². The van der Waals surface area contributed by atoms with Gasteiger partial charge in [-0.15, -0.1) is 0 Å². The quantitative estimate of drug-likeness (QED) is 0.812. The summed E-state index contributed by atoms with van der Waals surface area (Å²) in [6.07, 6.45) is 4.22. The molecule has 0 spiro atoms. The number of aromatic nitrogens is 3. The lowest BCUT2D eigenvalue weighted by molar-refractivity contribution is 0.0221. The van der Waals surface area contributed by atoms with Gasteiger partial charge in [0, 0.05) is 18.9 Å². The van der Waals surface area contributed by atoms with E-state index in [9.17, 15) is 4.79 Å². The minimum atomic E-state index is -0.481. The van der Waals surface area contributed by atoms with Gasteiger partial charge in [-0.25, -0.2) is 14.5 Å². The second-order valence-corrected chi connectivity index (χ2v) is 6.39. The molecule has 0 aromatic carbocycles. The Bertz CT molecular complexity index is 673. The number of fused-ring (bicyclic) bond motifs is 1. The Morgan fingerprint density at radius 1 is 1.32 bits per heavy atom. The first-order valence-electron chi connectivity index (χ1n) is 7.39. The minimum absolute atomic E-state index is 0.287. The van der Waals surface area contributed by atoms with Crippen molar-refractivity contribution in [2.24, 2.45) is 0 Å². The Balaban J connectivity index is 1.77. The lowest BCUT2D eigenvalue weighted by atomic mass is 10.1. The molecule has 0 saturated heterocycles. The summed E-state index contributed by atoms with van der Waals surface area (Å²) in [7, 11) is 0. The van der Waals surface area contributed by atoms with Gasteiger partial charge >= 0.3 is 6.09 Å². The summed E-state index contributed by atoms with van der Waals surface area (Å²) in [5.41, 5.74) is 1.58. The second kappa shape index (κ2) is 5.44. The topological polar surface area (TPSA) is 60.2 Å². The molecule has 0 unspecified atom stereocenters. The number of nitrogens with zero attached hydrogens (tertiary/aromatic N) is 4. The van der Waals surface area contributed by atoms with E-state index in [1.54, 1.807) is 15.8 Å². The third kappa shape index (κ3) is 3.10. The predicted octanol–water partition coefficient (Wildman–Crippen LogP) is 2.56. The van der Waals surface area contributed by atoms with Crippen LogP contribution in [0.2, 0.25) is 0 Å². The van der Waals surface area contributed by atoms with E-state index in [4.69, 9.17) is 4.74 Å². The molecule has 0 N–H and O–H groups in total. The monoisotopic (exact) mass is 300 g/mol. The number of rotatable bonds is 1. The van der Waals surface area contributed by atoms with E-state index in [0.29, 0.717) is 13.1 Å². The van der Waals surface area contributed by atoms with Gasteiger partial charge in [-0.2, -0.15) is 5.10 Å². The molecular formula is C16H20N4O2. The van der Waals surface area contributed by atoms with Crippen LogP contribution >= 0.6 is 0 Å². The number of ether oxygens (including phenoxy) is 1. The van der Waals surface area contributed by atoms with E-state index in [0.717, 1.165) is 23.5 Å². The van der Waals surface area contributed by atoms with Crippen LogP contribution < -0.4 is 0 Å². The summed E-state index contributed by atoms with van der Waals surface area (Å²) in [4.78, 5) is 18.1. The van der Waals surface area contributed by atoms with E-state index < -0.39 is 5.60 Å². The van der Waals surface area contributed by atoms with Gasteiger partial charge < -0.3 is 9.64 Å². The molecule has 6 heteroatoms. The molecule has 6 nitrogen and oxygen atoms in total. The molecule has 0 saturated carbocycles. The molecule has 116 valence electrons. The number of amides is 1. The van der Waals surface area contributed by atoms with E-state index in [2.05, 4.69) is 10.1 Å². The molecule has 3 heterocycles. The third-order valence-corrected chi connectivity index (χ3v) is 3.40. The first-order chi connectivity index (χ1) is 10.4. The van der Waals surface area contributed by atoms with Crippen molar-refractivity contribution < 1.29 is 9.53 Å². The molecule has 0 radical (unpaired) electrons. The maximum atomic E-state index is 12.2. The summed E-state index contributed by atoms with van der Waals surface area (Å²) < 4.78 is 7.19. The van der Waals surface area contributed by atoms with Crippen LogP contribution in [0.15, 0.2) is 30.6 Å². The van der Waals surface area contributed by atoms with E-state index in [-0.39, 0.29) is 6.09 Å². The maximum Gasteiger partial charge on any atom is 0.410 e. The standard InChI is InChI=1S/C16H20N4O2/c1-16(2,3)22-15(21)19-9-7-12-10-20(18-13(12)11-19)14-6-4-5-8-17-14/h4-6,8,10H,7,9,11H2,1-3H3. The van der Waals surface area contributed by atoms with Crippen LogP contribution in [-0.2, 0) is 17.7 Å². The first kappa shape index (κ1) is 14.6. The van der Waals surface area contributed by atoms with Crippen molar-refractivity contribution in [1.82, 2.24) is 19.7 Å². The molecule has 0 aliphatic carbocycles. The molecule has 1 aliphatic heterocycles. The number of pyridine rings is 1. The molecule has 22 heavy (non-hydrogen) atoms. The Hall–Kier alpha value is -2.37. The average Bonchev–Trinajstić information content (AvgIpc) is 2.89. The van der Waals surface area contributed by atoms with Crippen molar-refractivity contribution in [3.63, 3.8) is 0 Å². The third-order valence-electron chi connectivity index (χ3n) is 3.40. The van der Waals surface area contributed by atoms with Crippen molar-refractivity contribution in [2.45, 2.75) is 39.3 Å². The number of carbonyl (C=O) groups is 1. The summed E-state index contributed by atoms with van der Waals surface area (Å²) in [6, 6.07) is 5.71. The summed E-state index contributed by atoms with van der Waals surface area (Å²) in [5.74, 6) is 0.778. The SMILES string of the molecule is CC(C)(C)OC(=O)N1CCc2cn(-c3ccccn3)nc2C1. The van der Waals surface area contributed by atoms with Crippen molar-refractivity contribution in [3.8, 4) is 5.82 Å². The van der Waals surface area contributed by atoms with Crippen LogP contribution in [-0.4, -0.2) is 37.9 Å². The average molecular weight is 300 g/mol. The number of hydrogen-bond donors (Lipinski definition) is 0. The van der Waals surface area contributed by atoms with Crippen molar-refractivity contribution in [2.75, 3.05) is 6.54 Å². The Kier molecular flexibility index (Phi) is 3.60. The van der Waals surface area contributed by atoms with E-state index >= 15 is 0 Å². The predicted molar refractivity (Wildman–Crippen MR) is 81.7 cm³/mol. The van der Waals surface area contributed by atoms with Gasteiger partial charge in [-0.3, -0.25) is 0 Å². The van der Waals surface area contributed by atoms with Crippen molar-refractivity contribution in [3.05, 3.63) is 41.9 Å². The first-order valence-corrected chi connectivity index (χ1v) is 7.39. The highest BCUT2D eigenvalue weighted by atomic mass is 16.6. The van der Waals surface area contributed by atoms with Crippen LogP contribution in [0.1, 0.15) is 32.0 Å². The molecule has 0 fully saturated rings. The summed E-state index contributed by atoms with van der Waals surface area (Å²) >= 11 is 0.